The lowest BCUT2D eigenvalue weighted by molar-refractivity contribution is -0.116. The van der Waals surface area contributed by atoms with Crippen LogP contribution in [-0.4, -0.2) is 5.91 Å². The summed E-state index contributed by atoms with van der Waals surface area (Å²) in [7, 11) is 0. The van der Waals surface area contributed by atoms with Gasteiger partial charge in [0.2, 0.25) is 5.91 Å². The maximum absolute atomic E-state index is 13.9. The van der Waals surface area contributed by atoms with Gasteiger partial charge in [0.05, 0.1) is 5.02 Å². The summed E-state index contributed by atoms with van der Waals surface area (Å²) in [6.45, 7) is 4.65. The third-order valence-electron chi connectivity index (χ3n) is 4.58. The lowest BCUT2D eigenvalue weighted by Crippen LogP contribution is -2.13. The van der Waals surface area contributed by atoms with E-state index in [0.29, 0.717) is 35.2 Å². The Labute approximate surface area is 187 Å². The van der Waals surface area contributed by atoms with Crippen LogP contribution in [0.15, 0.2) is 66.7 Å². The molecule has 3 aromatic rings. The number of halogens is 2. The maximum atomic E-state index is 13.9. The molecule has 0 atom stereocenters. The largest absolute Gasteiger partial charge is 0.489 e. The van der Waals surface area contributed by atoms with Crippen LogP contribution in [0, 0.1) is 11.7 Å². The lowest BCUT2D eigenvalue weighted by atomic mass is 10.1. The first-order valence-corrected chi connectivity index (χ1v) is 10.6. The highest BCUT2D eigenvalue weighted by molar-refractivity contribution is 6.31. The first-order chi connectivity index (χ1) is 14.9. The zero-order chi connectivity index (χ0) is 22.2. The number of anilines is 2. The van der Waals surface area contributed by atoms with Gasteiger partial charge in [0.25, 0.3) is 0 Å². The van der Waals surface area contributed by atoms with Crippen molar-refractivity contribution < 1.29 is 13.9 Å². The highest BCUT2D eigenvalue weighted by atomic mass is 35.5. The van der Waals surface area contributed by atoms with E-state index in [1.807, 2.05) is 62.4 Å². The summed E-state index contributed by atoms with van der Waals surface area (Å²) < 4.78 is 19.7. The maximum Gasteiger partial charge on any atom is 0.224 e. The smallest absolute Gasteiger partial charge is 0.224 e. The molecule has 0 aliphatic heterocycles. The fraction of sp³-hybridized carbons (Fsp3) is 0.240. The molecule has 0 saturated heterocycles. The Bertz CT molecular complexity index is 1020. The van der Waals surface area contributed by atoms with E-state index in [-0.39, 0.29) is 18.3 Å². The molecule has 1 amide bonds. The van der Waals surface area contributed by atoms with Gasteiger partial charge in [-0.15, -0.1) is 0 Å². The van der Waals surface area contributed by atoms with E-state index >= 15 is 0 Å². The number of benzene rings is 3. The molecule has 0 saturated carbocycles. The number of hydrogen-bond acceptors (Lipinski definition) is 3. The second kappa shape index (κ2) is 10.8. The van der Waals surface area contributed by atoms with Crippen LogP contribution in [-0.2, 0) is 17.9 Å². The molecule has 0 spiro atoms. The predicted octanol–water partition coefficient (Wildman–Crippen LogP) is 6.65. The predicted molar refractivity (Wildman–Crippen MR) is 124 cm³/mol. The Morgan fingerprint density at radius 3 is 2.55 bits per heavy atom. The molecule has 0 aliphatic carbocycles. The molecule has 0 aromatic heterocycles. The van der Waals surface area contributed by atoms with Crippen molar-refractivity contribution in [3.05, 3.63) is 88.7 Å². The summed E-state index contributed by atoms with van der Waals surface area (Å²) in [5, 5.41) is 6.61. The minimum Gasteiger partial charge on any atom is -0.489 e. The normalized spacial score (nSPS) is 10.7. The molecular weight excluding hydrogens is 415 g/mol. The monoisotopic (exact) mass is 440 g/mol. The van der Waals surface area contributed by atoms with E-state index in [1.165, 1.54) is 6.07 Å². The van der Waals surface area contributed by atoms with Gasteiger partial charge in [-0.3, -0.25) is 4.79 Å². The van der Waals surface area contributed by atoms with Crippen LogP contribution in [0.25, 0.3) is 0 Å². The fourth-order valence-corrected chi connectivity index (χ4v) is 3.28. The van der Waals surface area contributed by atoms with Gasteiger partial charge in [0.15, 0.2) is 0 Å². The average molecular weight is 441 g/mol. The Kier molecular flexibility index (Phi) is 7.90. The van der Waals surface area contributed by atoms with Crippen molar-refractivity contribution in [3.63, 3.8) is 0 Å². The summed E-state index contributed by atoms with van der Waals surface area (Å²) >= 11 is 6.06. The molecule has 2 N–H and O–H groups in total. The zero-order valence-electron chi connectivity index (χ0n) is 17.6. The molecule has 0 heterocycles. The van der Waals surface area contributed by atoms with E-state index in [9.17, 15) is 9.18 Å². The van der Waals surface area contributed by atoms with Crippen molar-refractivity contribution in [2.45, 2.75) is 33.4 Å². The van der Waals surface area contributed by atoms with Crippen molar-refractivity contribution in [1.82, 2.24) is 0 Å². The molecule has 6 heteroatoms. The quantitative estimate of drug-likeness (QED) is 0.391. The lowest BCUT2D eigenvalue weighted by Gasteiger charge is -2.12. The van der Waals surface area contributed by atoms with Crippen LogP contribution >= 0.6 is 11.6 Å². The molecule has 162 valence electrons. The zero-order valence-corrected chi connectivity index (χ0v) is 18.4. The van der Waals surface area contributed by atoms with E-state index in [1.54, 1.807) is 12.1 Å². The standard InChI is InChI=1S/C25H26ClFN2O2/c1-17(2)12-25(30)29-20-8-4-7-19(14-20)28-15-18-6-3-9-21(13-18)31-16-22-23(26)10-5-11-24(22)27/h3-11,13-14,17,28H,12,15-16H2,1-2H3,(H,29,30). The number of carbonyl (C=O) groups excluding carboxylic acids is 1. The first kappa shape index (κ1) is 22.6. The van der Waals surface area contributed by atoms with E-state index < -0.39 is 0 Å². The third kappa shape index (κ3) is 7.00. The van der Waals surface area contributed by atoms with Crippen LogP contribution in [0.1, 0.15) is 31.4 Å². The third-order valence-corrected chi connectivity index (χ3v) is 4.93. The minimum atomic E-state index is -0.384. The van der Waals surface area contributed by atoms with Gasteiger partial charge in [0.1, 0.15) is 18.2 Å². The van der Waals surface area contributed by atoms with Crippen LogP contribution in [0.3, 0.4) is 0 Å². The second-order valence-corrected chi connectivity index (χ2v) is 8.12. The van der Waals surface area contributed by atoms with Crippen molar-refractivity contribution in [2.24, 2.45) is 5.92 Å². The van der Waals surface area contributed by atoms with E-state index in [0.717, 1.165) is 16.9 Å². The Morgan fingerprint density at radius 1 is 1.03 bits per heavy atom. The number of carbonyl (C=O) groups is 1. The first-order valence-electron chi connectivity index (χ1n) is 10.2. The molecule has 0 aliphatic rings. The number of hydrogen-bond donors (Lipinski definition) is 2. The Hall–Kier alpha value is -3.05. The van der Waals surface area contributed by atoms with Crippen molar-refractivity contribution in [2.75, 3.05) is 10.6 Å². The van der Waals surface area contributed by atoms with E-state index in [2.05, 4.69) is 10.6 Å². The molecule has 0 radical (unpaired) electrons. The molecule has 3 aromatic carbocycles. The van der Waals surface area contributed by atoms with Crippen molar-refractivity contribution in [1.29, 1.82) is 0 Å². The van der Waals surface area contributed by atoms with Gasteiger partial charge in [-0.05, 0) is 53.9 Å². The number of rotatable bonds is 9. The van der Waals surface area contributed by atoms with Gasteiger partial charge in [-0.2, -0.15) is 0 Å². The van der Waals surface area contributed by atoms with Gasteiger partial charge in [-0.1, -0.05) is 49.7 Å². The summed E-state index contributed by atoms with van der Waals surface area (Å²) in [6, 6.07) is 19.8. The number of nitrogens with one attached hydrogen (secondary N) is 2. The Morgan fingerprint density at radius 2 is 1.77 bits per heavy atom. The fourth-order valence-electron chi connectivity index (χ4n) is 3.06. The summed E-state index contributed by atoms with van der Waals surface area (Å²) in [6.07, 6.45) is 0.489. The molecule has 0 fully saturated rings. The van der Waals surface area contributed by atoms with Crippen LogP contribution in [0.2, 0.25) is 5.02 Å². The van der Waals surface area contributed by atoms with Gasteiger partial charge in [0, 0.05) is 29.9 Å². The SMILES string of the molecule is CC(C)CC(=O)Nc1cccc(NCc2cccc(OCc3c(F)cccc3Cl)c2)c1. The Balaban J connectivity index is 1.58. The van der Waals surface area contributed by atoms with Crippen molar-refractivity contribution >= 4 is 28.9 Å². The van der Waals surface area contributed by atoms with E-state index in [4.69, 9.17) is 16.3 Å². The molecule has 0 unspecified atom stereocenters. The highest BCUT2D eigenvalue weighted by Gasteiger charge is 2.08. The van der Waals surface area contributed by atoms with Crippen LogP contribution < -0.4 is 15.4 Å². The van der Waals surface area contributed by atoms with Crippen LogP contribution in [0.5, 0.6) is 5.75 Å². The highest BCUT2D eigenvalue weighted by Crippen LogP contribution is 2.23. The van der Waals surface area contributed by atoms with Crippen LogP contribution in [0.4, 0.5) is 15.8 Å². The van der Waals surface area contributed by atoms with Crippen molar-refractivity contribution in [3.8, 4) is 5.75 Å². The molecule has 4 nitrogen and oxygen atoms in total. The molecule has 31 heavy (non-hydrogen) atoms. The molecular formula is C25H26ClFN2O2. The molecule has 3 rings (SSSR count). The second-order valence-electron chi connectivity index (χ2n) is 7.72. The van der Waals surface area contributed by atoms with Gasteiger partial charge < -0.3 is 15.4 Å². The molecule has 0 bridgehead atoms. The van der Waals surface area contributed by atoms with Gasteiger partial charge in [-0.25, -0.2) is 4.39 Å². The number of ether oxygens (including phenoxy) is 1. The average Bonchev–Trinajstić information content (AvgIpc) is 2.72. The topological polar surface area (TPSA) is 50.4 Å². The minimum absolute atomic E-state index is 0.00644. The summed E-state index contributed by atoms with van der Waals surface area (Å²) in [5.74, 6) is 0.566. The summed E-state index contributed by atoms with van der Waals surface area (Å²) in [4.78, 5) is 12.0. The summed E-state index contributed by atoms with van der Waals surface area (Å²) in [5.41, 5.74) is 3.00. The van der Waals surface area contributed by atoms with Gasteiger partial charge >= 0.3 is 0 Å². The number of amides is 1.